The van der Waals surface area contributed by atoms with Gasteiger partial charge in [0.2, 0.25) is 17.4 Å². The van der Waals surface area contributed by atoms with E-state index in [1.54, 1.807) is 24.3 Å². The standard InChI is InChI=1S/C22H27N3O8/c1-6-11-24(13-18(26)23-15-9-7-8-10-16(15)30-2)22(27)14-12-17(31-3)20(32-4)21(33-5)19(14)25(28)29/h7-10,12H,6,11,13H2,1-5H3,(H,23,26). The summed E-state index contributed by atoms with van der Waals surface area (Å²) in [6.07, 6.45) is 0.520. The van der Waals surface area contributed by atoms with Crippen molar-refractivity contribution in [1.82, 2.24) is 4.90 Å². The fraction of sp³-hybridized carbons (Fsp3) is 0.364. The number of carbonyl (C=O) groups is 2. The van der Waals surface area contributed by atoms with Crippen molar-refractivity contribution in [2.24, 2.45) is 0 Å². The van der Waals surface area contributed by atoms with Crippen molar-refractivity contribution in [3.63, 3.8) is 0 Å². The molecule has 33 heavy (non-hydrogen) atoms. The molecule has 2 amide bonds. The molecule has 0 aliphatic heterocycles. The lowest BCUT2D eigenvalue weighted by Gasteiger charge is -2.23. The normalized spacial score (nSPS) is 10.2. The Bertz CT molecular complexity index is 1020. The topological polar surface area (TPSA) is 129 Å². The fourth-order valence-corrected chi connectivity index (χ4v) is 3.29. The average Bonchev–Trinajstić information content (AvgIpc) is 2.81. The molecule has 11 heteroatoms. The zero-order valence-corrected chi connectivity index (χ0v) is 19.2. The Morgan fingerprint density at radius 2 is 1.64 bits per heavy atom. The van der Waals surface area contributed by atoms with Crippen molar-refractivity contribution in [1.29, 1.82) is 0 Å². The van der Waals surface area contributed by atoms with Crippen LogP contribution in [-0.2, 0) is 4.79 Å². The third-order valence-corrected chi connectivity index (χ3v) is 4.71. The van der Waals surface area contributed by atoms with Crippen LogP contribution in [0.2, 0.25) is 0 Å². The number of methoxy groups -OCH3 is 4. The third kappa shape index (κ3) is 5.62. The average molecular weight is 461 g/mol. The number of anilines is 1. The van der Waals surface area contributed by atoms with Crippen LogP contribution in [0.4, 0.5) is 11.4 Å². The van der Waals surface area contributed by atoms with Gasteiger partial charge in [-0.2, -0.15) is 0 Å². The Kier molecular flexibility index (Phi) is 8.84. The molecule has 2 aromatic rings. The summed E-state index contributed by atoms with van der Waals surface area (Å²) in [5.41, 5.74) is -0.424. The van der Waals surface area contributed by atoms with Gasteiger partial charge < -0.3 is 29.2 Å². The molecule has 0 aliphatic rings. The van der Waals surface area contributed by atoms with E-state index in [-0.39, 0.29) is 35.9 Å². The molecular formula is C22H27N3O8. The van der Waals surface area contributed by atoms with Crippen molar-refractivity contribution < 1.29 is 33.5 Å². The van der Waals surface area contributed by atoms with Crippen molar-refractivity contribution in [2.75, 3.05) is 46.8 Å². The molecule has 2 aromatic carbocycles. The maximum absolute atomic E-state index is 13.4. The molecule has 0 atom stereocenters. The summed E-state index contributed by atoms with van der Waals surface area (Å²) in [5.74, 6) is -0.939. The fourth-order valence-electron chi connectivity index (χ4n) is 3.29. The van der Waals surface area contributed by atoms with E-state index in [1.807, 2.05) is 6.92 Å². The Hall–Kier alpha value is -4.02. The second-order valence-corrected chi connectivity index (χ2v) is 6.77. The third-order valence-electron chi connectivity index (χ3n) is 4.71. The van der Waals surface area contributed by atoms with Gasteiger partial charge in [0.25, 0.3) is 5.91 Å². The molecule has 0 saturated heterocycles. The molecular weight excluding hydrogens is 434 g/mol. The molecule has 0 saturated carbocycles. The lowest BCUT2D eigenvalue weighted by Crippen LogP contribution is -2.39. The number of nitrogens with zero attached hydrogens (tertiary/aromatic N) is 2. The van der Waals surface area contributed by atoms with Gasteiger partial charge in [-0.15, -0.1) is 0 Å². The van der Waals surface area contributed by atoms with Crippen LogP contribution in [0.1, 0.15) is 23.7 Å². The Morgan fingerprint density at radius 3 is 2.18 bits per heavy atom. The van der Waals surface area contributed by atoms with Crippen molar-refractivity contribution in [3.8, 4) is 23.0 Å². The minimum atomic E-state index is -0.729. The maximum Gasteiger partial charge on any atom is 0.327 e. The number of nitro benzene ring substituents is 1. The van der Waals surface area contributed by atoms with Gasteiger partial charge in [0.1, 0.15) is 17.9 Å². The first-order chi connectivity index (χ1) is 15.8. The van der Waals surface area contributed by atoms with Crippen LogP contribution in [-0.4, -0.2) is 63.2 Å². The summed E-state index contributed by atoms with van der Waals surface area (Å²) in [5, 5.41) is 14.5. The highest BCUT2D eigenvalue weighted by Crippen LogP contribution is 2.46. The molecule has 0 fully saturated rings. The molecule has 0 heterocycles. The largest absolute Gasteiger partial charge is 0.495 e. The van der Waals surface area contributed by atoms with Gasteiger partial charge in [-0.25, -0.2) is 0 Å². The number of nitro groups is 1. The van der Waals surface area contributed by atoms with Gasteiger partial charge in [-0.05, 0) is 18.6 Å². The summed E-state index contributed by atoms with van der Waals surface area (Å²) >= 11 is 0. The molecule has 2 rings (SSSR count). The molecule has 0 aliphatic carbocycles. The van der Waals surface area contributed by atoms with Crippen LogP contribution in [0.25, 0.3) is 0 Å². The van der Waals surface area contributed by atoms with Gasteiger partial charge in [0, 0.05) is 12.6 Å². The lowest BCUT2D eigenvalue weighted by molar-refractivity contribution is -0.386. The summed E-state index contributed by atoms with van der Waals surface area (Å²) in [7, 11) is 5.34. The summed E-state index contributed by atoms with van der Waals surface area (Å²) in [4.78, 5) is 38.4. The lowest BCUT2D eigenvalue weighted by atomic mass is 10.1. The van der Waals surface area contributed by atoms with Crippen LogP contribution in [0.5, 0.6) is 23.0 Å². The van der Waals surface area contributed by atoms with Crippen molar-refractivity contribution in [3.05, 3.63) is 46.0 Å². The molecule has 0 radical (unpaired) electrons. The van der Waals surface area contributed by atoms with Crippen LogP contribution < -0.4 is 24.3 Å². The zero-order chi connectivity index (χ0) is 24.5. The summed E-state index contributed by atoms with van der Waals surface area (Å²) in [6.45, 7) is 1.67. The van der Waals surface area contributed by atoms with E-state index < -0.39 is 22.4 Å². The van der Waals surface area contributed by atoms with Gasteiger partial charge in [0.05, 0.1) is 39.0 Å². The molecule has 0 bridgehead atoms. The minimum Gasteiger partial charge on any atom is -0.495 e. The Labute approximate surface area is 191 Å². The number of amides is 2. The smallest absolute Gasteiger partial charge is 0.327 e. The Morgan fingerprint density at radius 1 is 1.00 bits per heavy atom. The number of benzene rings is 2. The number of carbonyl (C=O) groups excluding carboxylic acids is 2. The maximum atomic E-state index is 13.4. The molecule has 178 valence electrons. The number of rotatable bonds is 11. The van der Waals surface area contributed by atoms with E-state index in [0.29, 0.717) is 17.9 Å². The van der Waals surface area contributed by atoms with Gasteiger partial charge in [-0.1, -0.05) is 19.1 Å². The van der Waals surface area contributed by atoms with E-state index in [2.05, 4.69) is 5.32 Å². The number of para-hydroxylation sites is 2. The monoisotopic (exact) mass is 461 g/mol. The highest BCUT2D eigenvalue weighted by Gasteiger charge is 2.34. The number of hydrogen-bond donors (Lipinski definition) is 1. The Balaban J connectivity index is 2.44. The van der Waals surface area contributed by atoms with Gasteiger partial charge >= 0.3 is 5.69 Å². The minimum absolute atomic E-state index is 0.0146. The van der Waals surface area contributed by atoms with Crippen LogP contribution in [0, 0.1) is 10.1 Å². The van der Waals surface area contributed by atoms with Gasteiger partial charge in [-0.3, -0.25) is 19.7 Å². The van der Waals surface area contributed by atoms with E-state index in [4.69, 9.17) is 18.9 Å². The molecule has 11 nitrogen and oxygen atoms in total. The first-order valence-electron chi connectivity index (χ1n) is 10.0. The van der Waals surface area contributed by atoms with E-state index >= 15 is 0 Å². The number of nitrogens with one attached hydrogen (secondary N) is 1. The molecule has 1 N–H and O–H groups in total. The SMILES string of the molecule is CCCN(CC(=O)Nc1ccccc1OC)C(=O)c1cc(OC)c(OC)c(OC)c1[N+](=O)[O-]. The molecule has 0 aromatic heterocycles. The molecule has 0 unspecified atom stereocenters. The predicted octanol–water partition coefficient (Wildman–Crippen LogP) is 3.12. The van der Waals surface area contributed by atoms with E-state index in [0.717, 1.165) is 0 Å². The highest BCUT2D eigenvalue weighted by atomic mass is 16.6. The number of ether oxygens (including phenoxy) is 4. The first kappa shape index (κ1) is 25.2. The molecule has 0 spiro atoms. The predicted molar refractivity (Wildman–Crippen MR) is 121 cm³/mol. The van der Waals surface area contributed by atoms with Crippen LogP contribution >= 0.6 is 0 Å². The van der Waals surface area contributed by atoms with Crippen molar-refractivity contribution in [2.45, 2.75) is 13.3 Å². The van der Waals surface area contributed by atoms with Gasteiger partial charge in [0.15, 0.2) is 5.75 Å². The quantitative estimate of drug-likeness (QED) is 0.399. The second-order valence-electron chi connectivity index (χ2n) is 6.77. The zero-order valence-electron chi connectivity index (χ0n) is 19.2. The first-order valence-corrected chi connectivity index (χ1v) is 10.0. The highest BCUT2D eigenvalue weighted by molar-refractivity contribution is 6.03. The van der Waals surface area contributed by atoms with Crippen LogP contribution in [0.15, 0.2) is 30.3 Å². The van der Waals surface area contributed by atoms with Crippen LogP contribution in [0.3, 0.4) is 0 Å². The van der Waals surface area contributed by atoms with E-state index in [9.17, 15) is 19.7 Å². The summed E-state index contributed by atoms with van der Waals surface area (Å²) in [6, 6.07) is 8.04. The summed E-state index contributed by atoms with van der Waals surface area (Å²) < 4.78 is 20.8. The second kappa shape index (κ2) is 11.6. The number of hydrogen-bond acceptors (Lipinski definition) is 8. The van der Waals surface area contributed by atoms with E-state index in [1.165, 1.54) is 39.4 Å². The van der Waals surface area contributed by atoms with Crippen molar-refractivity contribution >= 4 is 23.2 Å².